The lowest BCUT2D eigenvalue weighted by Gasteiger charge is -2.32. The molecule has 0 aromatic carbocycles. The minimum Gasteiger partial charge on any atom is -0.506 e. The number of aromatic hydroxyl groups is 1. The van der Waals surface area contributed by atoms with Gasteiger partial charge in [0.25, 0.3) is 5.91 Å². The van der Waals surface area contributed by atoms with Crippen LogP contribution in [0.3, 0.4) is 0 Å². The molecule has 6 nitrogen and oxygen atoms in total. The average molecular weight is 235 g/mol. The molecule has 2 rings (SSSR count). The summed E-state index contributed by atoms with van der Waals surface area (Å²) < 4.78 is 0. The summed E-state index contributed by atoms with van der Waals surface area (Å²) in [6.07, 6.45) is 2.63. The highest BCUT2D eigenvalue weighted by molar-refractivity contribution is 5.98. The summed E-state index contributed by atoms with van der Waals surface area (Å²) in [5.41, 5.74) is 0.284. The van der Waals surface area contributed by atoms with Gasteiger partial charge in [0.1, 0.15) is 11.8 Å². The van der Waals surface area contributed by atoms with Gasteiger partial charge in [-0.3, -0.25) is 14.6 Å². The largest absolute Gasteiger partial charge is 0.506 e. The Balaban J connectivity index is 2.22. The van der Waals surface area contributed by atoms with E-state index in [9.17, 15) is 14.7 Å². The number of nitrogens with one attached hydrogen (secondary N) is 1. The van der Waals surface area contributed by atoms with Gasteiger partial charge >= 0.3 is 0 Å². The Hall–Kier alpha value is -2.11. The van der Waals surface area contributed by atoms with Gasteiger partial charge in [-0.05, 0) is 13.0 Å². The molecule has 0 spiro atoms. The van der Waals surface area contributed by atoms with Crippen LogP contribution < -0.4 is 5.32 Å². The van der Waals surface area contributed by atoms with Crippen LogP contribution in [-0.4, -0.2) is 45.9 Å². The highest BCUT2D eigenvalue weighted by atomic mass is 16.3. The van der Waals surface area contributed by atoms with Crippen LogP contribution in [0.15, 0.2) is 18.5 Å². The number of rotatable bonds is 1. The molecule has 0 saturated carbocycles. The van der Waals surface area contributed by atoms with E-state index in [0.717, 1.165) is 0 Å². The fraction of sp³-hybridized carbons (Fsp3) is 0.364. The summed E-state index contributed by atoms with van der Waals surface area (Å²) in [5, 5.41) is 11.9. The summed E-state index contributed by atoms with van der Waals surface area (Å²) >= 11 is 0. The molecule has 1 atom stereocenters. The van der Waals surface area contributed by atoms with Crippen LogP contribution in [-0.2, 0) is 4.79 Å². The van der Waals surface area contributed by atoms with E-state index in [4.69, 9.17) is 0 Å². The average Bonchev–Trinajstić information content (AvgIpc) is 2.32. The minimum absolute atomic E-state index is 0.0648. The molecule has 2 heterocycles. The number of hydrogen-bond donors (Lipinski definition) is 2. The molecule has 1 aliphatic rings. The standard InChI is InChI=1S/C11H13N3O3/c1-7-10(16)13-2-3-14(7)11(17)8-4-9(15)6-12-5-8/h4-7,15H,2-3H2,1H3,(H,13,16). The van der Waals surface area contributed by atoms with Gasteiger partial charge in [0.15, 0.2) is 0 Å². The smallest absolute Gasteiger partial charge is 0.256 e. The van der Waals surface area contributed by atoms with Crippen molar-refractivity contribution in [1.82, 2.24) is 15.2 Å². The third kappa shape index (κ3) is 2.20. The van der Waals surface area contributed by atoms with Crippen molar-refractivity contribution in [3.05, 3.63) is 24.0 Å². The van der Waals surface area contributed by atoms with Crippen molar-refractivity contribution < 1.29 is 14.7 Å². The number of carbonyl (C=O) groups excluding carboxylic acids is 2. The minimum atomic E-state index is -0.501. The molecular weight excluding hydrogens is 222 g/mol. The first-order valence-electron chi connectivity index (χ1n) is 5.32. The van der Waals surface area contributed by atoms with Crippen LogP contribution in [0.5, 0.6) is 5.75 Å². The number of hydrogen-bond acceptors (Lipinski definition) is 4. The van der Waals surface area contributed by atoms with Crippen LogP contribution >= 0.6 is 0 Å². The molecule has 1 unspecified atom stereocenters. The number of carbonyl (C=O) groups is 2. The monoisotopic (exact) mass is 235 g/mol. The molecule has 0 aliphatic carbocycles. The highest BCUT2D eigenvalue weighted by Crippen LogP contribution is 2.14. The van der Waals surface area contributed by atoms with Gasteiger partial charge in [-0.25, -0.2) is 0 Å². The molecule has 1 aromatic rings. The van der Waals surface area contributed by atoms with E-state index in [1.807, 2.05) is 0 Å². The second-order valence-corrected chi connectivity index (χ2v) is 3.90. The summed E-state index contributed by atoms with van der Waals surface area (Å²) in [6, 6.07) is 0.841. The van der Waals surface area contributed by atoms with Gasteiger partial charge in [-0.2, -0.15) is 0 Å². The molecule has 90 valence electrons. The quantitative estimate of drug-likeness (QED) is 0.703. The third-order valence-corrected chi connectivity index (χ3v) is 2.73. The van der Waals surface area contributed by atoms with E-state index in [1.165, 1.54) is 23.4 Å². The van der Waals surface area contributed by atoms with Crippen molar-refractivity contribution in [3.8, 4) is 5.75 Å². The third-order valence-electron chi connectivity index (χ3n) is 2.73. The lowest BCUT2D eigenvalue weighted by molar-refractivity contribution is -0.127. The first-order valence-corrected chi connectivity index (χ1v) is 5.32. The fourth-order valence-electron chi connectivity index (χ4n) is 1.77. The summed E-state index contributed by atoms with van der Waals surface area (Å²) in [7, 11) is 0. The van der Waals surface area contributed by atoms with E-state index < -0.39 is 6.04 Å². The molecular formula is C11H13N3O3. The van der Waals surface area contributed by atoms with Crippen molar-refractivity contribution in [2.75, 3.05) is 13.1 Å². The van der Waals surface area contributed by atoms with Crippen LogP contribution in [0.4, 0.5) is 0 Å². The van der Waals surface area contributed by atoms with E-state index in [-0.39, 0.29) is 23.1 Å². The predicted octanol–water partition coefficient (Wildman–Crippen LogP) is -0.252. The SMILES string of the molecule is CC1C(=O)NCCN1C(=O)c1cncc(O)c1. The van der Waals surface area contributed by atoms with Gasteiger partial charge in [-0.1, -0.05) is 0 Å². The van der Waals surface area contributed by atoms with Crippen molar-refractivity contribution in [3.63, 3.8) is 0 Å². The fourth-order valence-corrected chi connectivity index (χ4v) is 1.77. The molecule has 1 aromatic heterocycles. The van der Waals surface area contributed by atoms with Crippen molar-refractivity contribution >= 4 is 11.8 Å². The Morgan fingerprint density at radius 3 is 3.06 bits per heavy atom. The van der Waals surface area contributed by atoms with Gasteiger partial charge in [0.05, 0.1) is 11.8 Å². The second kappa shape index (κ2) is 4.40. The number of amides is 2. The van der Waals surface area contributed by atoms with Gasteiger partial charge in [0, 0.05) is 19.3 Å². The van der Waals surface area contributed by atoms with E-state index >= 15 is 0 Å². The Labute approximate surface area is 98.3 Å². The summed E-state index contributed by atoms with van der Waals surface area (Å²) in [4.78, 5) is 28.8. The van der Waals surface area contributed by atoms with E-state index in [2.05, 4.69) is 10.3 Å². The molecule has 1 saturated heterocycles. The summed E-state index contributed by atoms with van der Waals surface area (Å²) in [6.45, 7) is 2.57. The molecule has 1 aliphatic heterocycles. The highest BCUT2D eigenvalue weighted by Gasteiger charge is 2.29. The molecule has 6 heteroatoms. The maximum absolute atomic E-state index is 12.1. The molecule has 0 radical (unpaired) electrons. The molecule has 2 amide bonds. The van der Waals surface area contributed by atoms with Crippen LogP contribution in [0.2, 0.25) is 0 Å². The number of aromatic nitrogens is 1. The molecule has 17 heavy (non-hydrogen) atoms. The maximum atomic E-state index is 12.1. The first kappa shape index (κ1) is 11.4. The Bertz CT molecular complexity index is 461. The normalized spacial score (nSPS) is 19.9. The maximum Gasteiger partial charge on any atom is 0.256 e. The summed E-state index contributed by atoms with van der Waals surface area (Å²) in [5.74, 6) is -0.529. The second-order valence-electron chi connectivity index (χ2n) is 3.90. The van der Waals surface area contributed by atoms with E-state index in [1.54, 1.807) is 6.92 Å². The van der Waals surface area contributed by atoms with Gasteiger partial charge in [-0.15, -0.1) is 0 Å². The zero-order valence-electron chi connectivity index (χ0n) is 9.38. The number of nitrogens with zero attached hydrogens (tertiary/aromatic N) is 2. The molecule has 0 bridgehead atoms. The number of pyridine rings is 1. The Morgan fingerprint density at radius 2 is 2.35 bits per heavy atom. The lowest BCUT2D eigenvalue weighted by Crippen LogP contribution is -2.55. The van der Waals surface area contributed by atoms with Crippen LogP contribution in [0.25, 0.3) is 0 Å². The molecule has 2 N–H and O–H groups in total. The lowest BCUT2D eigenvalue weighted by atomic mass is 10.1. The van der Waals surface area contributed by atoms with Crippen molar-refractivity contribution in [2.24, 2.45) is 0 Å². The predicted molar refractivity (Wildman–Crippen MR) is 59.4 cm³/mol. The Morgan fingerprint density at radius 1 is 1.59 bits per heavy atom. The van der Waals surface area contributed by atoms with Crippen LogP contribution in [0.1, 0.15) is 17.3 Å². The zero-order valence-corrected chi connectivity index (χ0v) is 9.38. The Kier molecular flexibility index (Phi) is 2.95. The zero-order chi connectivity index (χ0) is 12.4. The number of piperazine rings is 1. The van der Waals surface area contributed by atoms with E-state index in [0.29, 0.717) is 13.1 Å². The van der Waals surface area contributed by atoms with Crippen LogP contribution in [0, 0.1) is 0 Å². The first-order chi connectivity index (χ1) is 8.09. The van der Waals surface area contributed by atoms with Crippen molar-refractivity contribution in [1.29, 1.82) is 0 Å². The van der Waals surface area contributed by atoms with Crippen molar-refractivity contribution in [2.45, 2.75) is 13.0 Å². The van der Waals surface area contributed by atoms with Gasteiger partial charge < -0.3 is 15.3 Å². The topological polar surface area (TPSA) is 82.5 Å². The van der Waals surface area contributed by atoms with Gasteiger partial charge in [0.2, 0.25) is 5.91 Å². The molecule has 1 fully saturated rings.